The van der Waals surface area contributed by atoms with Crippen LogP contribution in [0.2, 0.25) is 0 Å². The van der Waals surface area contributed by atoms with Gasteiger partial charge in [0, 0.05) is 69.3 Å². The van der Waals surface area contributed by atoms with Gasteiger partial charge in [-0.3, -0.25) is 14.5 Å². The number of amides is 2. The van der Waals surface area contributed by atoms with E-state index < -0.39 is 5.97 Å². The van der Waals surface area contributed by atoms with Crippen molar-refractivity contribution in [3.63, 3.8) is 0 Å². The van der Waals surface area contributed by atoms with Crippen LogP contribution in [-0.2, 0) is 9.59 Å². The molecule has 2 N–H and O–H groups in total. The van der Waals surface area contributed by atoms with Crippen LogP contribution in [0.5, 0.6) is 0 Å². The minimum atomic E-state index is -1.03. The van der Waals surface area contributed by atoms with E-state index in [1.54, 1.807) is 24.3 Å². The highest BCUT2D eigenvalue weighted by Crippen LogP contribution is 2.30. The maximum Gasteiger partial charge on any atom is 0.336 e. The Morgan fingerprint density at radius 1 is 1.00 bits per heavy atom. The molecule has 5 rings (SSSR count). The standard InChI is InChI=1S/C26H34N6O4/c1-29-7-11-32(12-8-29)24(33)17-30-9-13-31(14-10-30)23-16-21(26(35)36)20-15-19(5-6-22(20)28-23)27-25(34)18-3-2-4-18/h5-6,15-16,18H,2-4,7-14,17H2,1H3,(H,27,34)(H,35,36). The van der Waals surface area contributed by atoms with Gasteiger partial charge in [-0.25, -0.2) is 9.78 Å². The molecule has 0 atom stereocenters. The van der Waals surface area contributed by atoms with Crippen LogP contribution in [0.15, 0.2) is 24.3 Å². The fourth-order valence-electron chi connectivity index (χ4n) is 5.03. The molecular weight excluding hydrogens is 460 g/mol. The van der Waals surface area contributed by atoms with Gasteiger partial charge in [-0.1, -0.05) is 6.42 Å². The molecule has 36 heavy (non-hydrogen) atoms. The van der Waals surface area contributed by atoms with Crippen molar-refractivity contribution in [3.05, 3.63) is 29.8 Å². The Morgan fingerprint density at radius 3 is 2.36 bits per heavy atom. The highest BCUT2D eigenvalue weighted by molar-refractivity contribution is 6.05. The number of benzene rings is 1. The van der Waals surface area contributed by atoms with Crippen LogP contribution in [-0.4, -0.2) is 109 Å². The Kier molecular flexibility index (Phi) is 7.06. The van der Waals surface area contributed by atoms with Gasteiger partial charge in [0.15, 0.2) is 0 Å². The van der Waals surface area contributed by atoms with Gasteiger partial charge in [-0.05, 0) is 44.2 Å². The van der Waals surface area contributed by atoms with Crippen LogP contribution < -0.4 is 10.2 Å². The van der Waals surface area contributed by atoms with E-state index >= 15 is 0 Å². The van der Waals surface area contributed by atoms with Crippen molar-refractivity contribution in [2.24, 2.45) is 5.92 Å². The van der Waals surface area contributed by atoms with Gasteiger partial charge in [-0.2, -0.15) is 0 Å². The summed E-state index contributed by atoms with van der Waals surface area (Å²) >= 11 is 0. The number of nitrogens with zero attached hydrogens (tertiary/aromatic N) is 5. The normalized spacial score (nSPS) is 19.8. The smallest absolute Gasteiger partial charge is 0.336 e. The molecule has 10 heteroatoms. The van der Waals surface area contributed by atoms with Gasteiger partial charge in [0.05, 0.1) is 17.6 Å². The lowest BCUT2D eigenvalue weighted by atomic mass is 9.85. The summed E-state index contributed by atoms with van der Waals surface area (Å²) in [4.78, 5) is 50.3. The molecule has 0 radical (unpaired) electrons. The van der Waals surface area contributed by atoms with E-state index in [1.165, 1.54) is 0 Å². The zero-order valence-corrected chi connectivity index (χ0v) is 20.8. The average molecular weight is 495 g/mol. The van der Waals surface area contributed by atoms with Gasteiger partial charge in [0.1, 0.15) is 5.82 Å². The Morgan fingerprint density at radius 2 is 1.72 bits per heavy atom. The van der Waals surface area contributed by atoms with Crippen LogP contribution >= 0.6 is 0 Å². The summed E-state index contributed by atoms with van der Waals surface area (Å²) in [5.41, 5.74) is 1.34. The van der Waals surface area contributed by atoms with Gasteiger partial charge < -0.3 is 25.1 Å². The largest absolute Gasteiger partial charge is 0.478 e. The molecule has 3 fully saturated rings. The number of rotatable bonds is 6. The highest BCUT2D eigenvalue weighted by atomic mass is 16.4. The van der Waals surface area contributed by atoms with Crippen molar-refractivity contribution in [2.75, 3.05) is 76.2 Å². The molecule has 0 unspecified atom stereocenters. The first-order chi connectivity index (χ1) is 17.4. The number of piperazine rings is 2. The van der Waals surface area contributed by atoms with Crippen molar-refractivity contribution >= 4 is 40.2 Å². The second-order valence-electron chi connectivity index (χ2n) is 10.1. The molecule has 1 saturated carbocycles. The average Bonchev–Trinajstić information content (AvgIpc) is 2.83. The fourth-order valence-corrected chi connectivity index (χ4v) is 5.03. The lowest BCUT2D eigenvalue weighted by Gasteiger charge is -2.37. The maximum absolute atomic E-state index is 12.7. The van der Waals surface area contributed by atoms with Crippen LogP contribution in [0, 0.1) is 5.92 Å². The number of hydrogen-bond acceptors (Lipinski definition) is 7. The number of carbonyl (C=O) groups is 3. The molecule has 3 heterocycles. The number of aromatic carboxylic acids is 1. The Balaban J connectivity index is 1.25. The molecule has 3 aliphatic rings. The number of aromatic nitrogens is 1. The lowest BCUT2D eigenvalue weighted by molar-refractivity contribution is -0.134. The SMILES string of the molecule is CN1CCN(C(=O)CN2CCN(c3cc(C(=O)O)c4cc(NC(=O)C5CCC5)ccc4n3)CC2)CC1. The summed E-state index contributed by atoms with van der Waals surface area (Å²) in [7, 11) is 2.07. The molecule has 2 amide bonds. The zero-order valence-electron chi connectivity index (χ0n) is 20.8. The fraction of sp³-hybridized carbons (Fsp3) is 0.538. The van der Waals surface area contributed by atoms with Crippen LogP contribution in [0.4, 0.5) is 11.5 Å². The van der Waals surface area contributed by atoms with Crippen molar-refractivity contribution in [3.8, 4) is 0 Å². The van der Waals surface area contributed by atoms with E-state index in [4.69, 9.17) is 4.98 Å². The van der Waals surface area contributed by atoms with Gasteiger partial charge in [-0.15, -0.1) is 0 Å². The number of carboxylic acid groups (broad SMARTS) is 1. The predicted molar refractivity (Wildman–Crippen MR) is 137 cm³/mol. The number of fused-ring (bicyclic) bond motifs is 1. The molecule has 1 aliphatic carbocycles. The van der Waals surface area contributed by atoms with Crippen LogP contribution in [0.3, 0.4) is 0 Å². The third-order valence-corrected chi connectivity index (χ3v) is 7.68. The first kappa shape index (κ1) is 24.5. The summed E-state index contributed by atoms with van der Waals surface area (Å²) in [6.45, 7) is 6.56. The number of carbonyl (C=O) groups excluding carboxylic acids is 2. The van der Waals surface area contributed by atoms with E-state index in [1.807, 2.05) is 4.90 Å². The van der Waals surface area contributed by atoms with E-state index in [0.29, 0.717) is 55.1 Å². The maximum atomic E-state index is 12.7. The van der Waals surface area contributed by atoms with E-state index in [9.17, 15) is 19.5 Å². The zero-order chi connectivity index (χ0) is 25.2. The third kappa shape index (κ3) is 5.29. The van der Waals surface area contributed by atoms with E-state index in [0.717, 1.165) is 45.4 Å². The number of carboxylic acids is 1. The topological polar surface area (TPSA) is 109 Å². The molecule has 1 aromatic carbocycles. The highest BCUT2D eigenvalue weighted by Gasteiger charge is 2.27. The van der Waals surface area contributed by atoms with Crippen molar-refractivity contribution in [1.82, 2.24) is 19.7 Å². The van der Waals surface area contributed by atoms with E-state index in [2.05, 4.69) is 27.1 Å². The predicted octanol–water partition coefficient (Wildman–Crippen LogP) is 1.57. The number of nitrogens with one attached hydrogen (secondary N) is 1. The molecule has 10 nitrogen and oxygen atoms in total. The molecule has 1 aromatic heterocycles. The number of anilines is 2. The minimum absolute atomic E-state index is 0.00831. The first-order valence-corrected chi connectivity index (χ1v) is 12.8. The Labute approximate surface area is 210 Å². The molecule has 2 aliphatic heterocycles. The summed E-state index contributed by atoms with van der Waals surface area (Å²) in [6.07, 6.45) is 2.89. The van der Waals surface area contributed by atoms with Crippen LogP contribution in [0.25, 0.3) is 10.9 Å². The second-order valence-corrected chi connectivity index (χ2v) is 10.1. The third-order valence-electron chi connectivity index (χ3n) is 7.68. The Bertz CT molecular complexity index is 1150. The second kappa shape index (κ2) is 10.4. The Hall–Kier alpha value is -3.24. The van der Waals surface area contributed by atoms with Gasteiger partial charge in [0.2, 0.25) is 11.8 Å². The van der Waals surface area contributed by atoms with Crippen LogP contribution in [0.1, 0.15) is 29.6 Å². The molecular formula is C26H34N6O4. The minimum Gasteiger partial charge on any atom is -0.478 e. The molecule has 0 bridgehead atoms. The summed E-state index contributed by atoms with van der Waals surface area (Å²) in [5, 5.41) is 13.3. The molecule has 0 spiro atoms. The lowest BCUT2D eigenvalue weighted by Crippen LogP contribution is -2.53. The molecule has 2 saturated heterocycles. The summed E-state index contributed by atoms with van der Waals surface area (Å²) in [5.74, 6) is -0.186. The van der Waals surface area contributed by atoms with E-state index in [-0.39, 0.29) is 23.3 Å². The molecule has 192 valence electrons. The van der Waals surface area contributed by atoms with Crippen molar-refractivity contribution in [2.45, 2.75) is 19.3 Å². The monoisotopic (exact) mass is 494 g/mol. The summed E-state index contributed by atoms with van der Waals surface area (Å²) < 4.78 is 0. The number of hydrogen-bond donors (Lipinski definition) is 2. The first-order valence-electron chi connectivity index (χ1n) is 12.8. The van der Waals surface area contributed by atoms with Crippen molar-refractivity contribution in [1.29, 1.82) is 0 Å². The summed E-state index contributed by atoms with van der Waals surface area (Å²) in [6, 6.07) is 6.87. The number of likely N-dealkylation sites (N-methyl/N-ethyl adjacent to an activating group) is 1. The van der Waals surface area contributed by atoms with Gasteiger partial charge >= 0.3 is 5.97 Å². The number of pyridine rings is 1. The van der Waals surface area contributed by atoms with Gasteiger partial charge in [0.25, 0.3) is 0 Å². The molecule has 2 aromatic rings. The van der Waals surface area contributed by atoms with Crippen molar-refractivity contribution < 1.29 is 19.5 Å². The quantitative estimate of drug-likeness (QED) is 0.623.